The standard InChI is InChI=1S/C5H12NO/c1-2-3-4-5-6-7/h6H,2-5H2,1H3/q-1. The fourth-order valence-corrected chi connectivity index (χ4v) is 0.447. The minimum absolute atomic E-state index is 0.619. The van der Waals surface area contributed by atoms with Gasteiger partial charge in [-0.1, -0.05) is 19.8 Å². The Balaban J connectivity index is 2.45. The number of nitrogens with one attached hydrogen (secondary N) is 1. The Labute approximate surface area is 44.5 Å². The lowest BCUT2D eigenvalue weighted by Gasteiger charge is -2.03. The van der Waals surface area contributed by atoms with E-state index >= 15 is 0 Å². The molecule has 0 saturated carbocycles. The van der Waals surface area contributed by atoms with Gasteiger partial charge in [-0.05, 0) is 13.0 Å². The third kappa shape index (κ3) is 5.92. The van der Waals surface area contributed by atoms with E-state index in [1.54, 1.807) is 0 Å². The van der Waals surface area contributed by atoms with Gasteiger partial charge < -0.3 is 10.7 Å². The highest BCUT2D eigenvalue weighted by Crippen LogP contribution is 1.89. The van der Waals surface area contributed by atoms with Crippen LogP contribution in [0.2, 0.25) is 0 Å². The number of unbranched alkanes of at least 4 members (excludes halogenated alkanes) is 2. The van der Waals surface area contributed by atoms with Crippen LogP contribution >= 0.6 is 0 Å². The van der Waals surface area contributed by atoms with Gasteiger partial charge >= 0.3 is 0 Å². The zero-order valence-corrected chi connectivity index (χ0v) is 4.74. The third-order valence-electron chi connectivity index (χ3n) is 0.882. The van der Waals surface area contributed by atoms with E-state index in [0.29, 0.717) is 6.54 Å². The first-order valence-electron chi connectivity index (χ1n) is 2.76. The van der Waals surface area contributed by atoms with Crippen molar-refractivity contribution in [2.24, 2.45) is 0 Å². The summed E-state index contributed by atoms with van der Waals surface area (Å²) in [5.41, 5.74) is 1.85. The molecule has 0 saturated heterocycles. The van der Waals surface area contributed by atoms with Gasteiger partial charge in [0.25, 0.3) is 0 Å². The predicted molar refractivity (Wildman–Crippen MR) is 30.9 cm³/mol. The summed E-state index contributed by atoms with van der Waals surface area (Å²) in [5, 5.41) is 9.55. The molecule has 0 unspecified atom stereocenters. The van der Waals surface area contributed by atoms with Crippen LogP contribution in [-0.4, -0.2) is 6.54 Å². The van der Waals surface area contributed by atoms with E-state index in [-0.39, 0.29) is 0 Å². The molecule has 0 atom stereocenters. The Hall–Kier alpha value is -0.0800. The summed E-state index contributed by atoms with van der Waals surface area (Å²) in [4.78, 5) is 0. The summed E-state index contributed by atoms with van der Waals surface area (Å²) >= 11 is 0. The van der Waals surface area contributed by atoms with E-state index in [1.165, 1.54) is 6.42 Å². The summed E-state index contributed by atoms with van der Waals surface area (Å²) in [6.07, 6.45) is 3.36. The van der Waals surface area contributed by atoms with Gasteiger partial charge in [0.05, 0.1) is 0 Å². The van der Waals surface area contributed by atoms with Gasteiger partial charge in [0.2, 0.25) is 0 Å². The highest BCUT2D eigenvalue weighted by molar-refractivity contribution is 4.43. The fourth-order valence-electron chi connectivity index (χ4n) is 0.447. The van der Waals surface area contributed by atoms with Crippen LogP contribution in [0, 0.1) is 5.21 Å². The molecule has 0 aromatic heterocycles. The molecule has 0 aliphatic heterocycles. The maximum Gasteiger partial charge on any atom is -0.0170 e. The zero-order valence-electron chi connectivity index (χ0n) is 4.74. The second-order valence-electron chi connectivity index (χ2n) is 1.60. The van der Waals surface area contributed by atoms with Gasteiger partial charge in [-0.2, -0.15) is 0 Å². The quantitative estimate of drug-likeness (QED) is 0.428. The van der Waals surface area contributed by atoms with Gasteiger partial charge in [-0.3, -0.25) is 0 Å². The molecule has 0 aromatic rings. The van der Waals surface area contributed by atoms with Crippen LogP contribution in [0.3, 0.4) is 0 Å². The van der Waals surface area contributed by atoms with Gasteiger partial charge in [0, 0.05) is 0 Å². The molecule has 0 amide bonds. The number of hydroxylamine groups is 1. The molecular formula is C5H12NO-. The second kappa shape index (κ2) is 5.92. The summed E-state index contributed by atoms with van der Waals surface area (Å²) in [7, 11) is 0. The molecule has 0 aromatic carbocycles. The smallest absolute Gasteiger partial charge is 0.0170 e. The average Bonchev–Trinajstić information content (AvgIpc) is 1.69. The lowest BCUT2D eigenvalue weighted by atomic mass is 10.3. The van der Waals surface area contributed by atoms with Crippen molar-refractivity contribution in [1.29, 1.82) is 0 Å². The second-order valence-corrected chi connectivity index (χ2v) is 1.60. The number of hydrogen-bond donors (Lipinski definition) is 1. The van der Waals surface area contributed by atoms with E-state index < -0.39 is 0 Å². The Kier molecular flexibility index (Phi) is 5.85. The van der Waals surface area contributed by atoms with Crippen molar-refractivity contribution in [3.63, 3.8) is 0 Å². The van der Waals surface area contributed by atoms with Crippen LogP contribution in [0.25, 0.3) is 0 Å². The molecule has 1 N–H and O–H groups in total. The maximum atomic E-state index is 9.55. The molecule has 0 aliphatic carbocycles. The predicted octanol–water partition coefficient (Wildman–Crippen LogP) is 1.26. The van der Waals surface area contributed by atoms with Crippen molar-refractivity contribution >= 4 is 0 Å². The Morgan fingerprint density at radius 1 is 1.43 bits per heavy atom. The topological polar surface area (TPSA) is 35.1 Å². The number of hydrogen-bond acceptors (Lipinski definition) is 2. The van der Waals surface area contributed by atoms with Crippen molar-refractivity contribution in [3.8, 4) is 0 Å². The summed E-state index contributed by atoms with van der Waals surface area (Å²) in [6.45, 7) is 2.73. The Bertz CT molecular complexity index is 27.3. The molecule has 0 rings (SSSR count). The van der Waals surface area contributed by atoms with E-state index in [4.69, 9.17) is 0 Å². The first kappa shape index (κ1) is 6.92. The molecule has 0 radical (unpaired) electrons. The van der Waals surface area contributed by atoms with Crippen LogP contribution in [-0.2, 0) is 0 Å². The molecule has 0 fully saturated rings. The monoisotopic (exact) mass is 102 g/mol. The van der Waals surface area contributed by atoms with Crippen molar-refractivity contribution in [1.82, 2.24) is 5.48 Å². The van der Waals surface area contributed by atoms with E-state index in [0.717, 1.165) is 12.8 Å². The first-order chi connectivity index (χ1) is 3.41. The van der Waals surface area contributed by atoms with Gasteiger partial charge in [0.1, 0.15) is 0 Å². The molecule has 0 aliphatic rings. The largest absolute Gasteiger partial charge is 0.788 e. The minimum Gasteiger partial charge on any atom is -0.788 e. The summed E-state index contributed by atoms with van der Waals surface area (Å²) in [6, 6.07) is 0. The maximum absolute atomic E-state index is 9.55. The minimum atomic E-state index is 0.619. The van der Waals surface area contributed by atoms with Crippen molar-refractivity contribution in [2.75, 3.05) is 6.54 Å². The van der Waals surface area contributed by atoms with Crippen LogP contribution in [0.15, 0.2) is 0 Å². The van der Waals surface area contributed by atoms with Crippen molar-refractivity contribution < 1.29 is 0 Å². The molecule has 0 heterocycles. The lowest BCUT2D eigenvalue weighted by molar-refractivity contribution is 0.684. The highest BCUT2D eigenvalue weighted by atomic mass is 16.5. The summed E-state index contributed by atoms with van der Waals surface area (Å²) in [5.74, 6) is 0. The van der Waals surface area contributed by atoms with Crippen molar-refractivity contribution in [3.05, 3.63) is 5.21 Å². The Morgan fingerprint density at radius 3 is 2.57 bits per heavy atom. The number of rotatable bonds is 4. The molecule has 0 spiro atoms. The average molecular weight is 102 g/mol. The van der Waals surface area contributed by atoms with Gasteiger partial charge in [-0.15, -0.1) is 0 Å². The zero-order chi connectivity index (χ0) is 5.54. The molecule has 2 nitrogen and oxygen atoms in total. The fraction of sp³-hybridized carbons (Fsp3) is 1.00. The summed E-state index contributed by atoms with van der Waals surface area (Å²) < 4.78 is 0. The molecule has 2 heteroatoms. The van der Waals surface area contributed by atoms with Crippen LogP contribution < -0.4 is 5.48 Å². The molecule has 0 bridgehead atoms. The van der Waals surface area contributed by atoms with Crippen LogP contribution in [0.5, 0.6) is 0 Å². The van der Waals surface area contributed by atoms with E-state index in [2.05, 4.69) is 6.92 Å². The van der Waals surface area contributed by atoms with E-state index in [1.807, 2.05) is 5.48 Å². The highest BCUT2D eigenvalue weighted by Gasteiger charge is 1.76. The normalized spacial score (nSPS) is 9.43. The van der Waals surface area contributed by atoms with Crippen molar-refractivity contribution in [2.45, 2.75) is 26.2 Å². The molecule has 44 valence electrons. The van der Waals surface area contributed by atoms with Crippen LogP contribution in [0.4, 0.5) is 0 Å². The SMILES string of the molecule is CCCCCN[O-]. The van der Waals surface area contributed by atoms with Crippen LogP contribution in [0.1, 0.15) is 26.2 Å². The molecule has 7 heavy (non-hydrogen) atoms. The third-order valence-corrected chi connectivity index (χ3v) is 0.882. The molecular weight excluding hydrogens is 90.1 g/mol. The van der Waals surface area contributed by atoms with Gasteiger partial charge in [0.15, 0.2) is 0 Å². The van der Waals surface area contributed by atoms with Gasteiger partial charge in [-0.25, -0.2) is 0 Å². The lowest BCUT2D eigenvalue weighted by Crippen LogP contribution is -2.03. The van der Waals surface area contributed by atoms with E-state index in [9.17, 15) is 5.21 Å². The Morgan fingerprint density at radius 2 is 2.14 bits per heavy atom. The first-order valence-corrected chi connectivity index (χ1v) is 2.76.